The fraction of sp³-hybridized carbons (Fsp3) is 0.462. The van der Waals surface area contributed by atoms with E-state index in [9.17, 15) is 9.59 Å². The molecule has 0 saturated carbocycles. The van der Waals surface area contributed by atoms with Crippen molar-refractivity contribution < 1.29 is 9.59 Å². The Bertz CT molecular complexity index is 444. The Hall–Kier alpha value is -1.91. The van der Waals surface area contributed by atoms with Crippen molar-refractivity contribution in [1.82, 2.24) is 10.3 Å². The van der Waals surface area contributed by atoms with E-state index in [4.69, 9.17) is 0 Å². The van der Waals surface area contributed by atoms with Gasteiger partial charge < -0.3 is 10.6 Å². The van der Waals surface area contributed by atoms with Gasteiger partial charge in [0, 0.05) is 12.6 Å². The van der Waals surface area contributed by atoms with Crippen molar-refractivity contribution in [3.8, 4) is 0 Å². The summed E-state index contributed by atoms with van der Waals surface area (Å²) in [5.41, 5.74) is 0.827. The maximum Gasteiger partial charge on any atom is 0.248 e. The highest BCUT2D eigenvalue weighted by Gasteiger charge is 2.23. The number of amides is 2. The second kappa shape index (κ2) is 6.14. The number of rotatable bonds is 4. The smallest absolute Gasteiger partial charge is 0.248 e. The lowest BCUT2D eigenvalue weighted by atomic mass is 10.0. The number of nitrogens with zero attached hydrogens (tertiary/aromatic N) is 1. The maximum atomic E-state index is 12.0. The number of carbonyl (C=O) groups excluding carboxylic acids is 2. The van der Waals surface area contributed by atoms with Crippen LogP contribution in [-0.2, 0) is 9.59 Å². The first kappa shape index (κ1) is 14.2. The SMILES string of the molecule is CC(=O)NC(C(=O)Nc1cccc(C)n1)C(C)C. The van der Waals surface area contributed by atoms with Gasteiger partial charge in [-0.25, -0.2) is 4.98 Å². The first-order chi connectivity index (χ1) is 8.40. The van der Waals surface area contributed by atoms with E-state index < -0.39 is 6.04 Å². The number of carbonyl (C=O) groups is 2. The normalized spacial score (nSPS) is 12.1. The number of anilines is 1. The van der Waals surface area contributed by atoms with Crippen LogP contribution in [0.15, 0.2) is 18.2 Å². The fourth-order valence-electron chi connectivity index (χ4n) is 1.57. The molecule has 2 N–H and O–H groups in total. The van der Waals surface area contributed by atoms with Crippen molar-refractivity contribution >= 4 is 17.6 Å². The fourth-order valence-corrected chi connectivity index (χ4v) is 1.57. The third-order valence-corrected chi connectivity index (χ3v) is 2.45. The number of nitrogens with one attached hydrogen (secondary N) is 2. The van der Waals surface area contributed by atoms with Gasteiger partial charge in [-0.1, -0.05) is 19.9 Å². The lowest BCUT2D eigenvalue weighted by molar-refractivity contribution is -0.126. The lowest BCUT2D eigenvalue weighted by Crippen LogP contribution is -2.46. The number of hydrogen-bond acceptors (Lipinski definition) is 3. The van der Waals surface area contributed by atoms with Crippen LogP contribution >= 0.6 is 0 Å². The van der Waals surface area contributed by atoms with Gasteiger partial charge >= 0.3 is 0 Å². The second-order valence-corrected chi connectivity index (χ2v) is 4.58. The zero-order valence-electron chi connectivity index (χ0n) is 11.2. The summed E-state index contributed by atoms with van der Waals surface area (Å²) in [5, 5.41) is 5.34. The molecule has 0 radical (unpaired) electrons. The summed E-state index contributed by atoms with van der Waals surface area (Å²) in [4.78, 5) is 27.3. The summed E-state index contributed by atoms with van der Waals surface area (Å²) < 4.78 is 0. The van der Waals surface area contributed by atoms with Crippen LogP contribution < -0.4 is 10.6 Å². The zero-order valence-corrected chi connectivity index (χ0v) is 11.2. The Morgan fingerprint density at radius 1 is 1.28 bits per heavy atom. The van der Waals surface area contributed by atoms with Crippen LogP contribution in [0.25, 0.3) is 0 Å². The molecule has 0 fully saturated rings. The molecule has 1 heterocycles. The predicted molar refractivity (Wildman–Crippen MR) is 70.0 cm³/mol. The average Bonchev–Trinajstić information content (AvgIpc) is 2.25. The molecular weight excluding hydrogens is 230 g/mol. The minimum Gasteiger partial charge on any atom is -0.344 e. The Morgan fingerprint density at radius 2 is 1.94 bits per heavy atom. The molecule has 0 saturated heterocycles. The van der Waals surface area contributed by atoms with Crippen LogP contribution in [0.5, 0.6) is 0 Å². The summed E-state index contributed by atoms with van der Waals surface area (Å²) in [6, 6.07) is 4.84. The summed E-state index contributed by atoms with van der Waals surface area (Å²) in [6.45, 7) is 7.00. The van der Waals surface area contributed by atoms with Crippen molar-refractivity contribution in [1.29, 1.82) is 0 Å². The van der Waals surface area contributed by atoms with E-state index in [-0.39, 0.29) is 17.7 Å². The molecule has 18 heavy (non-hydrogen) atoms. The van der Waals surface area contributed by atoms with Gasteiger partial charge in [-0.3, -0.25) is 9.59 Å². The molecule has 98 valence electrons. The summed E-state index contributed by atoms with van der Waals surface area (Å²) >= 11 is 0. The minimum atomic E-state index is -0.551. The summed E-state index contributed by atoms with van der Waals surface area (Å²) in [5.74, 6) is 0.0362. The Morgan fingerprint density at radius 3 is 2.44 bits per heavy atom. The standard InChI is InChI=1S/C13H19N3O2/c1-8(2)12(15-10(4)17)13(18)16-11-7-5-6-9(3)14-11/h5-8,12H,1-4H3,(H,15,17)(H,14,16,18). The molecule has 0 spiro atoms. The van der Waals surface area contributed by atoms with Crippen molar-refractivity contribution in [3.05, 3.63) is 23.9 Å². The van der Waals surface area contributed by atoms with E-state index in [0.29, 0.717) is 5.82 Å². The summed E-state index contributed by atoms with van der Waals surface area (Å²) in [7, 11) is 0. The molecule has 0 aliphatic carbocycles. The molecule has 1 rings (SSSR count). The van der Waals surface area contributed by atoms with Gasteiger partial charge in [0.1, 0.15) is 11.9 Å². The molecule has 5 nitrogen and oxygen atoms in total. The van der Waals surface area contributed by atoms with Crippen LogP contribution in [0.2, 0.25) is 0 Å². The van der Waals surface area contributed by atoms with Crippen molar-refractivity contribution in [2.75, 3.05) is 5.32 Å². The highest BCUT2D eigenvalue weighted by atomic mass is 16.2. The van der Waals surface area contributed by atoms with Gasteiger partial charge in [0.05, 0.1) is 0 Å². The third-order valence-electron chi connectivity index (χ3n) is 2.45. The van der Waals surface area contributed by atoms with Gasteiger partial charge in [-0.2, -0.15) is 0 Å². The molecular formula is C13H19N3O2. The first-order valence-corrected chi connectivity index (χ1v) is 5.91. The number of pyridine rings is 1. The van der Waals surface area contributed by atoms with Gasteiger partial charge in [-0.05, 0) is 25.0 Å². The van der Waals surface area contributed by atoms with Gasteiger partial charge in [-0.15, -0.1) is 0 Å². The van der Waals surface area contributed by atoms with E-state index in [1.54, 1.807) is 6.07 Å². The number of hydrogen-bond donors (Lipinski definition) is 2. The molecule has 5 heteroatoms. The molecule has 0 aliphatic rings. The van der Waals surface area contributed by atoms with Crippen LogP contribution in [0.4, 0.5) is 5.82 Å². The van der Waals surface area contributed by atoms with Crippen molar-refractivity contribution in [2.24, 2.45) is 5.92 Å². The summed E-state index contributed by atoms with van der Waals surface area (Å²) in [6.07, 6.45) is 0. The molecule has 0 bridgehead atoms. The van der Waals surface area contributed by atoms with Crippen LogP contribution in [0.1, 0.15) is 26.5 Å². The lowest BCUT2D eigenvalue weighted by Gasteiger charge is -2.20. The van der Waals surface area contributed by atoms with Gasteiger partial charge in [0.15, 0.2) is 0 Å². The van der Waals surface area contributed by atoms with Crippen LogP contribution in [0.3, 0.4) is 0 Å². The van der Waals surface area contributed by atoms with Crippen LogP contribution in [0, 0.1) is 12.8 Å². The van der Waals surface area contributed by atoms with E-state index in [1.807, 2.05) is 32.9 Å². The predicted octanol–water partition coefficient (Wildman–Crippen LogP) is 1.49. The number of aryl methyl sites for hydroxylation is 1. The minimum absolute atomic E-state index is 0.0127. The maximum absolute atomic E-state index is 12.0. The van der Waals surface area contributed by atoms with Gasteiger partial charge in [0.2, 0.25) is 11.8 Å². The molecule has 0 aliphatic heterocycles. The number of aromatic nitrogens is 1. The Labute approximate surface area is 107 Å². The monoisotopic (exact) mass is 249 g/mol. The van der Waals surface area contributed by atoms with Crippen molar-refractivity contribution in [3.63, 3.8) is 0 Å². The highest BCUT2D eigenvalue weighted by molar-refractivity contribution is 5.96. The van der Waals surface area contributed by atoms with Gasteiger partial charge in [0.25, 0.3) is 0 Å². The average molecular weight is 249 g/mol. The molecule has 1 aromatic heterocycles. The largest absolute Gasteiger partial charge is 0.344 e. The Kier molecular flexibility index (Phi) is 4.83. The molecule has 0 aromatic carbocycles. The molecule has 1 unspecified atom stereocenters. The van der Waals surface area contributed by atoms with Crippen molar-refractivity contribution in [2.45, 2.75) is 33.7 Å². The molecule has 1 aromatic rings. The quantitative estimate of drug-likeness (QED) is 0.849. The highest BCUT2D eigenvalue weighted by Crippen LogP contribution is 2.08. The van der Waals surface area contributed by atoms with Crippen LogP contribution in [-0.4, -0.2) is 22.8 Å². The third kappa shape index (κ3) is 4.16. The molecule has 2 amide bonds. The van der Waals surface area contributed by atoms with E-state index in [0.717, 1.165) is 5.69 Å². The van der Waals surface area contributed by atoms with E-state index >= 15 is 0 Å². The first-order valence-electron chi connectivity index (χ1n) is 5.91. The topological polar surface area (TPSA) is 71.1 Å². The van der Waals surface area contributed by atoms with E-state index in [1.165, 1.54) is 6.92 Å². The zero-order chi connectivity index (χ0) is 13.7. The molecule has 1 atom stereocenters. The van der Waals surface area contributed by atoms with E-state index in [2.05, 4.69) is 15.6 Å². The Balaban J connectivity index is 2.75. The second-order valence-electron chi connectivity index (χ2n) is 4.58.